The van der Waals surface area contributed by atoms with Crippen molar-refractivity contribution < 1.29 is 18.1 Å². The molecule has 0 aliphatic rings. The fourth-order valence-electron chi connectivity index (χ4n) is 1.23. The molecule has 19 heavy (non-hydrogen) atoms. The van der Waals surface area contributed by atoms with Crippen LogP contribution in [0.25, 0.3) is 0 Å². The Balaban J connectivity index is 3.17. The topological polar surface area (TPSA) is 94.3 Å². The van der Waals surface area contributed by atoms with Gasteiger partial charge >= 0.3 is 0 Å². The first kappa shape index (κ1) is 16.1. The van der Waals surface area contributed by atoms with E-state index in [2.05, 4.69) is 15.9 Å². The highest BCUT2D eigenvalue weighted by Crippen LogP contribution is 2.35. The van der Waals surface area contributed by atoms with Crippen LogP contribution in [-0.4, -0.2) is 28.0 Å². The molecular formula is C10H9BrClNO5S. The fraction of sp³-hybridized carbons (Fsp3) is 0.300. The molecule has 9 heteroatoms. The number of hydrogen-bond acceptors (Lipinski definition) is 5. The summed E-state index contributed by atoms with van der Waals surface area (Å²) in [5.41, 5.74) is -0.237. The number of rotatable bonds is 5. The fourth-order valence-corrected chi connectivity index (χ4v) is 3.34. The lowest BCUT2D eigenvalue weighted by atomic mass is 10.1. The van der Waals surface area contributed by atoms with E-state index in [4.69, 9.17) is 11.6 Å². The molecule has 0 unspecified atom stereocenters. The Morgan fingerprint density at radius 3 is 2.26 bits per heavy atom. The second-order valence-corrected chi connectivity index (χ2v) is 8.93. The lowest BCUT2D eigenvalue weighted by Gasteiger charge is -2.17. The van der Waals surface area contributed by atoms with E-state index in [0.717, 1.165) is 24.3 Å². The van der Waals surface area contributed by atoms with E-state index in [1.165, 1.54) is 6.92 Å². The van der Waals surface area contributed by atoms with Crippen LogP contribution in [-0.2, 0) is 9.84 Å². The van der Waals surface area contributed by atoms with E-state index in [-0.39, 0.29) is 17.0 Å². The average Bonchev–Trinajstić information content (AvgIpc) is 2.37. The van der Waals surface area contributed by atoms with E-state index >= 15 is 0 Å². The number of nitro groups is 1. The summed E-state index contributed by atoms with van der Waals surface area (Å²) in [4.78, 5) is 21.9. The second-order valence-electron chi connectivity index (χ2n) is 3.55. The van der Waals surface area contributed by atoms with Crippen molar-refractivity contribution in [1.29, 1.82) is 0 Å². The van der Waals surface area contributed by atoms with Crippen LogP contribution in [0.3, 0.4) is 0 Å². The molecule has 0 bridgehead atoms. The number of carbonyl (C=O) groups is 1. The largest absolute Gasteiger partial charge is 0.290 e. The molecule has 0 saturated carbocycles. The maximum Gasteiger partial charge on any atom is 0.269 e. The molecule has 0 radical (unpaired) electrons. The van der Waals surface area contributed by atoms with Crippen LogP contribution in [0.5, 0.6) is 0 Å². The molecule has 1 aromatic rings. The Morgan fingerprint density at radius 1 is 1.42 bits per heavy atom. The normalized spacial score (nSPS) is 14.7. The molecule has 1 rings (SSSR count). The SMILES string of the molecule is CCS(=O)(=O)[C@](Cl)(Br)C(=O)c1ccc([N+](=O)[O-])cc1. The van der Waals surface area contributed by atoms with Gasteiger partial charge in [0.15, 0.2) is 9.84 Å². The highest BCUT2D eigenvalue weighted by Gasteiger charge is 2.45. The van der Waals surface area contributed by atoms with Gasteiger partial charge in [-0.1, -0.05) is 18.5 Å². The van der Waals surface area contributed by atoms with Gasteiger partial charge in [-0.2, -0.15) is 0 Å². The molecule has 0 spiro atoms. The van der Waals surface area contributed by atoms with Crippen molar-refractivity contribution >= 4 is 48.8 Å². The molecule has 0 fully saturated rings. The van der Waals surface area contributed by atoms with Gasteiger partial charge in [0.05, 0.1) is 10.7 Å². The number of halogens is 2. The van der Waals surface area contributed by atoms with Crippen LogP contribution in [0.4, 0.5) is 5.69 Å². The Morgan fingerprint density at radius 2 is 1.89 bits per heavy atom. The number of Topliss-reactive ketones (excluding diaryl/α,β-unsaturated/α-hetero) is 1. The summed E-state index contributed by atoms with van der Waals surface area (Å²) >= 11 is 8.47. The van der Waals surface area contributed by atoms with Crippen molar-refractivity contribution in [2.75, 3.05) is 5.75 Å². The number of hydrogen-bond donors (Lipinski definition) is 0. The van der Waals surface area contributed by atoms with Gasteiger partial charge in [0.1, 0.15) is 0 Å². The van der Waals surface area contributed by atoms with Crippen molar-refractivity contribution in [3.05, 3.63) is 39.9 Å². The molecule has 104 valence electrons. The molecule has 0 amide bonds. The molecule has 0 aliphatic heterocycles. The quantitative estimate of drug-likeness (QED) is 0.343. The number of nitro benzene ring substituents is 1. The van der Waals surface area contributed by atoms with E-state index in [1.807, 2.05) is 0 Å². The smallest absolute Gasteiger partial charge is 0.269 e. The third kappa shape index (κ3) is 3.13. The lowest BCUT2D eigenvalue weighted by molar-refractivity contribution is -0.384. The van der Waals surface area contributed by atoms with Crippen molar-refractivity contribution in [3.63, 3.8) is 0 Å². The van der Waals surface area contributed by atoms with Crippen molar-refractivity contribution in [2.45, 2.75) is 10.0 Å². The van der Waals surface area contributed by atoms with E-state index in [0.29, 0.717) is 0 Å². The third-order valence-electron chi connectivity index (χ3n) is 2.38. The van der Waals surface area contributed by atoms with Crippen molar-refractivity contribution in [3.8, 4) is 0 Å². The van der Waals surface area contributed by atoms with E-state index < -0.39 is 23.7 Å². The molecule has 0 saturated heterocycles. The summed E-state index contributed by atoms with van der Waals surface area (Å²) in [6.07, 6.45) is 0. The number of alkyl halides is 2. The van der Waals surface area contributed by atoms with Gasteiger partial charge in [-0.25, -0.2) is 8.42 Å². The summed E-state index contributed by atoms with van der Waals surface area (Å²) < 4.78 is 21.1. The minimum Gasteiger partial charge on any atom is -0.290 e. The zero-order valence-corrected chi connectivity index (χ0v) is 12.8. The summed E-state index contributed by atoms with van der Waals surface area (Å²) in [7, 11) is -3.87. The van der Waals surface area contributed by atoms with Crippen LogP contribution in [0.1, 0.15) is 17.3 Å². The molecule has 0 heterocycles. The predicted molar refractivity (Wildman–Crippen MR) is 74.4 cm³/mol. The van der Waals surface area contributed by atoms with Gasteiger partial charge in [0, 0.05) is 17.7 Å². The highest BCUT2D eigenvalue weighted by molar-refractivity contribution is 9.12. The van der Waals surface area contributed by atoms with E-state index in [9.17, 15) is 23.3 Å². The van der Waals surface area contributed by atoms with Crippen LogP contribution in [0, 0.1) is 10.1 Å². The molecule has 0 N–H and O–H groups in total. The van der Waals surface area contributed by atoms with Crippen LogP contribution < -0.4 is 0 Å². The summed E-state index contributed by atoms with van der Waals surface area (Å²) in [5, 5.41) is 10.5. The lowest BCUT2D eigenvalue weighted by Crippen LogP contribution is -2.36. The molecule has 0 aliphatic carbocycles. The molecule has 0 aromatic heterocycles. The van der Waals surface area contributed by atoms with Gasteiger partial charge in [0.2, 0.25) is 5.78 Å². The minimum absolute atomic E-state index is 0.0329. The Bertz CT molecular complexity index is 611. The van der Waals surface area contributed by atoms with Gasteiger partial charge < -0.3 is 0 Å². The third-order valence-corrected chi connectivity index (χ3v) is 6.82. The average molecular weight is 371 g/mol. The Kier molecular flexibility index (Phi) is 4.70. The van der Waals surface area contributed by atoms with Gasteiger partial charge in [-0.05, 0) is 28.1 Å². The number of carbonyl (C=O) groups excluding carboxylic acids is 1. The first-order valence-corrected chi connectivity index (χ1v) is 7.85. The Hall–Kier alpha value is -0.990. The zero-order chi connectivity index (χ0) is 14.8. The van der Waals surface area contributed by atoms with Gasteiger partial charge in [-0.3, -0.25) is 14.9 Å². The van der Waals surface area contributed by atoms with Crippen molar-refractivity contribution in [1.82, 2.24) is 0 Å². The number of nitrogens with zero attached hydrogens (tertiary/aromatic N) is 1. The number of non-ortho nitro benzene ring substituents is 1. The Labute approximate surface area is 123 Å². The van der Waals surface area contributed by atoms with Crippen molar-refractivity contribution in [2.24, 2.45) is 0 Å². The van der Waals surface area contributed by atoms with Gasteiger partial charge in [0.25, 0.3) is 8.80 Å². The molecule has 1 aromatic carbocycles. The van der Waals surface area contributed by atoms with Crippen LogP contribution >= 0.6 is 27.5 Å². The summed E-state index contributed by atoms with van der Waals surface area (Å²) in [5.74, 6) is -1.20. The molecular weight excluding hydrogens is 362 g/mol. The van der Waals surface area contributed by atoms with E-state index in [1.54, 1.807) is 0 Å². The van der Waals surface area contributed by atoms with Crippen LogP contribution in [0.15, 0.2) is 24.3 Å². The van der Waals surface area contributed by atoms with Gasteiger partial charge in [-0.15, -0.1) is 0 Å². The predicted octanol–water partition coefficient (Wildman–Crippen LogP) is 2.50. The minimum atomic E-state index is -3.87. The number of sulfone groups is 1. The van der Waals surface area contributed by atoms with Crippen LogP contribution in [0.2, 0.25) is 0 Å². The maximum absolute atomic E-state index is 12.0. The monoisotopic (exact) mass is 369 g/mol. The highest BCUT2D eigenvalue weighted by atomic mass is 79.9. The first-order valence-electron chi connectivity index (χ1n) is 5.03. The molecule has 1 atom stereocenters. The standard InChI is InChI=1S/C10H9BrClNO5S/c1-2-19(17,18)10(11,12)9(14)7-3-5-8(6-4-7)13(15)16/h3-6H,2H2,1H3/t10-/m0/s1. The summed E-state index contributed by atoms with van der Waals surface area (Å²) in [6, 6.07) is 4.52. The molecule has 6 nitrogen and oxygen atoms in total. The second kappa shape index (κ2) is 5.56. The maximum atomic E-state index is 12.0. The summed E-state index contributed by atoms with van der Waals surface area (Å²) in [6.45, 7) is 1.36. The first-order chi connectivity index (χ1) is 8.63. The number of benzene rings is 1. The number of ketones is 1. The zero-order valence-electron chi connectivity index (χ0n) is 9.67.